The van der Waals surface area contributed by atoms with Crippen LogP contribution in [0.5, 0.6) is 5.75 Å². The summed E-state index contributed by atoms with van der Waals surface area (Å²) in [6.45, 7) is 3.27. The Bertz CT molecular complexity index is 657. The number of hydrogen-bond donors (Lipinski definition) is 2. The van der Waals surface area contributed by atoms with Gasteiger partial charge in [0.1, 0.15) is 5.75 Å². The number of carbonyl (C=O) groups is 1. The van der Waals surface area contributed by atoms with Crippen molar-refractivity contribution >= 4 is 16.8 Å². The van der Waals surface area contributed by atoms with Gasteiger partial charge in [0.25, 0.3) is 5.91 Å². The highest BCUT2D eigenvalue weighted by Crippen LogP contribution is 2.26. The number of methoxy groups -OCH3 is 1. The minimum absolute atomic E-state index is 0.0671. The van der Waals surface area contributed by atoms with Gasteiger partial charge in [-0.3, -0.25) is 4.79 Å². The number of carbonyl (C=O) groups excluding carboxylic acids is 1. The van der Waals surface area contributed by atoms with Crippen LogP contribution in [0.4, 0.5) is 0 Å². The first-order valence-corrected chi connectivity index (χ1v) is 7.25. The van der Waals surface area contributed by atoms with Crippen LogP contribution in [0, 0.1) is 6.92 Å². The molecule has 2 heterocycles. The van der Waals surface area contributed by atoms with Crippen LogP contribution in [0.2, 0.25) is 0 Å². The average Bonchev–Trinajstić information content (AvgIpc) is 3.10. The number of amides is 1. The fraction of sp³-hybridized carbons (Fsp3) is 0.438. The molecule has 2 N–H and O–H groups in total. The van der Waals surface area contributed by atoms with E-state index in [4.69, 9.17) is 9.47 Å². The molecule has 0 saturated carbocycles. The van der Waals surface area contributed by atoms with Gasteiger partial charge in [0, 0.05) is 29.7 Å². The van der Waals surface area contributed by atoms with Gasteiger partial charge >= 0.3 is 0 Å². The van der Waals surface area contributed by atoms with E-state index in [0.717, 1.165) is 41.8 Å². The lowest BCUT2D eigenvalue weighted by Crippen LogP contribution is -2.32. The van der Waals surface area contributed by atoms with Gasteiger partial charge in [0.05, 0.1) is 18.8 Å². The smallest absolute Gasteiger partial charge is 0.253 e. The summed E-state index contributed by atoms with van der Waals surface area (Å²) < 4.78 is 10.8. The maximum atomic E-state index is 12.5. The minimum atomic E-state index is -0.0671. The molecular weight excluding hydrogens is 268 g/mol. The molecule has 1 aliphatic heterocycles. The van der Waals surface area contributed by atoms with E-state index in [2.05, 4.69) is 10.3 Å². The third kappa shape index (κ3) is 2.74. The van der Waals surface area contributed by atoms with Gasteiger partial charge in [-0.1, -0.05) is 0 Å². The van der Waals surface area contributed by atoms with E-state index in [1.807, 2.05) is 25.1 Å². The van der Waals surface area contributed by atoms with E-state index in [-0.39, 0.29) is 12.0 Å². The van der Waals surface area contributed by atoms with Gasteiger partial charge in [-0.25, -0.2) is 0 Å². The fourth-order valence-electron chi connectivity index (χ4n) is 2.83. The van der Waals surface area contributed by atoms with Crippen LogP contribution in [0.25, 0.3) is 10.9 Å². The zero-order valence-electron chi connectivity index (χ0n) is 12.4. The number of aromatic nitrogens is 1. The summed E-state index contributed by atoms with van der Waals surface area (Å²) in [5.74, 6) is 0.678. The first-order chi connectivity index (χ1) is 10.2. The minimum Gasteiger partial charge on any atom is -0.497 e. The van der Waals surface area contributed by atoms with Crippen molar-refractivity contribution in [2.24, 2.45) is 0 Å². The number of ether oxygens (including phenoxy) is 2. The van der Waals surface area contributed by atoms with Crippen molar-refractivity contribution in [1.29, 1.82) is 0 Å². The summed E-state index contributed by atoms with van der Waals surface area (Å²) in [5.41, 5.74) is 2.49. The molecule has 21 heavy (non-hydrogen) atoms. The first kappa shape index (κ1) is 13.9. The van der Waals surface area contributed by atoms with Crippen molar-refractivity contribution in [3.8, 4) is 5.75 Å². The Morgan fingerprint density at radius 3 is 3.10 bits per heavy atom. The Balaban J connectivity index is 1.83. The first-order valence-electron chi connectivity index (χ1n) is 7.25. The lowest BCUT2D eigenvalue weighted by atomic mass is 10.1. The molecule has 5 heteroatoms. The number of aromatic amines is 1. The molecule has 0 spiro atoms. The van der Waals surface area contributed by atoms with Gasteiger partial charge in [-0.2, -0.15) is 0 Å². The second-order valence-electron chi connectivity index (χ2n) is 5.38. The molecule has 1 aromatic carbocycles. The van der Waals surface area contributed by atoms with Gasteiger partial charge in [-0.15, -0.1) is 0 Å². The molecule has 1 unspecified atom stereocenters. The topological polar surface area (TPSA) is 63.4 Å². The number of hydrogen-bond acceptors (Lipinski definition) is 3. The van der Waals surface area contributed by atoms with Crippen LogP contribution >= 0.6 is 0 Å². The number of aryl methyl sites for hydroxylation is 1. The van der Waals surface area contributed by atoms with Crippen molar-refractivity contribution in [2.75, 3.05) is 20.3 Å². The van der Waals surface area contributed by atoms with Crippen molar-refractivity contribution < 1.29 is 14.3 Å². The monoisotopic (exact) mass is 288 g/mol. The van der Waals surface area contributed by atoms with Crippen LogP contribution in [0.3, 0.4) is 0 Å². The molecule has 1 atom stereocenters. The van der Waals surface area contributed by atoms with Crippen LogP contribution in [0.15, 0.2) is 18.2 Å². The number of rotatable bonds is 4. The van der Waals surface area contributed by atoms with E-state index < -0.39 is 0 Å². The van der Waals surface area contributed by atoms with E-state index in [1.54, 1.807) is 7.11 Å². The number of fused-ring (bicyclic) bond motifs is 1. The Labute approximate surface area is 123 Å². The molecule has 1 amide bonds. The molecule has 1 aromatic heterocycles. The molecular formula is C16H20N2O3. The maximum absolute atomic E-state index is 12.5. The molecule has 5 nitrogen and oxygen atoms in total. The highest BCUT2D eigenvalue weighted by molar-refractivity contribution is 6.08. The predicted octanol–water partition coefficient (Wildman–Crippen LogP) is 2.39. The number of H-pyrrole nitrogens is 1. The molecule has 0 radical (unpaired) electrons. The third-order valence-corrected chi connectivity index (χ3v) is 3.93. The maximum Gasteiger partial charge on any atom is 0.253 e. The average molecular weight is 288 g/mol. The standard InChI is InChI=1S/C16H20N2O3/c1-10-15(16(19)17-9-12-4-3-7-21-12)13-8-11(20-2)5-6-14(13)18-10/h5-6,8,12,18H,3-4,7,9H2,1-2H3,(H,17,19). The zero-order chi connectivity index (χ0) is 14.8. The third-order valence-electron chi connectivity index (χ3n) is 3.93. The second kappa shape index (κ2) is 5.77. The molecule has 0 bridgehead atoms. The predicted molar refractivity (Wildman–Crippen MR) is 80.9 cm³/mol. The van der Waals surface area contributed by atoms with Crippen LogP contribution in [-0.4, -0.2) is 37.3 Å². The highest BCUT2D eigenvalue weighted by atomic mass is 16.5. The van der Waals surface area contributed by atoms with Gasteiger partial charge in [0.15, 0.2) is 0 Å². The van der Waals surface area contributed by atoms with Crippen LogP contribution in [-0.2, 0) is 4.74 Å². The Hall–Kier alpha value is -2.01. The van der Waals surface area contributed by atoms with E-state index in [0.29, 0.717) is 12.1 Å². The van der Waals surface area contributed by atoms with Crippen molar-refractivity contribution in [1.82, 2.24) is 10.3 Å². The number of benzene rings is 1. The normalized spacial score (nSPS) is 18.1. The lowest BCUT2D eigenvalue weighted by molar-refractivity contribution is 0.0858. The Kier molecular flexibility index (Phi) is 3.84. The quantitative estimate of drug-likeness (QED) is 0.908. The van der Waals surface area contributed by atoms with Crippen LogP contribution in [0.1, 0.15) is 28.9 Å². The van der Waals surface area contributed by atoms with E-state index >= 15 is 0 Å². The van der Waals surface area contributed by atoms with Crippen LogP contribution < -0.4 is 10.1 Å². The molecule has 3 rings (SSSR count). The van der Waals surface area contributed by atoms with E-state index in [9.17, 15) is 4.79 Å². The van der Waals surface area contributed by atoms with Crippen molar-refractivity contribution in [3.63, 3.8) is 0 Å². The fourth-order valence-corrected chi connectivity index (χ4v) is 2.83. The molecule has 112 valence electrons. The summed E-state index contributed by atoms with van der Waals surface area (Å²) in [6.07, 6.45) is 2.24. The lowest BCUT2D eigenvalue weighted by Gasteiger charge is -2.11. The Morgan fingerprint density at radius 1 is 1.52 bits per heavy atom. The van der Waals surface area contributed by atoms with Gasteiger partial charge < -0.3 is 19.8 Å². The Morgan fingerprint density at radius 2 is 2.38 bits per heavy atom. The zero-order valence-corrected chi connectivity index (χ0v) is 12.4. The summed E-state index contributed by atoms with van der Waals surface area (Å²) in [6, 6.07) is 5.70. The largest absolute Gasteiger partial charge is 0.497 e. The van der Waals surface area contributed by atoms with Crippen molar-refractivity contribution in [3.05, 3.63) is 29.5 Å². The molecule has 2 aromatic rings. The molecule has 1 fully saturated rings. The summed E-state index contributed by atoms with van der Waals surface area (Å²) in [7, 11) is 1.62. The molecule has 1 aliphatic rings. The highest BCUT2D eigenvalue weighted by Gasteiger charge is 2.20. The van der Waals surface area contributed by atoms with E-state index in [1.165, 1.54) is 0 Å². The number of nitrogens with one attached hydrogen (secondary N) is 2. The molecule has 1 saturated heterocycles. The summed E-state index contributed by atoms with van der Waals surface area (Å²) in [4.78, 5) is 15.7. The molecule has 0 aliphatic carbocycles. The summed E-state index contributed by atoms with van der Waals surface area (Å²) in [5, 5.41) is 3.86. The SMILES string of the molecule is COc1ccc2[nH]c(C)c(C(=O)NCC3CCCO3)c2c1. The van der Waals surface area contributed by atoms with Gasteiger partial charge in [-0.05, 0) is 38.0 Å². The second-order valence-corrected chi connectivity index (χ2v) is 5.38. The van der Waals surface area contributed by atoms with Gasteiger partial charge in [0.2, 0.25) is 0 Å². The summed E-state index contributed by atoms with van der Waals surface area (Å²) >= 11 is 0. The van der Waals surface area contributed by atoms with Crippen molar-refractivity contribution in [2.45, 2.75) is 25.9 Å².